The van der Waals surface area contributed by atoms with E-state index in [1.165, 1.54) is 5.56 Å². The van der Waals surface area contributed by atoms with Crippen molar-refractivity contribution in [3.05, 3.63) is 95.6 Å². The zero-order chi connectivity index (χ0) is 25.1. The van der Waals surface area contributed by atoms with Crippen molar-refractivity contribution in [2.24, 2.45) is 0 Å². The van der Waals surface area contributed by atoms with Gasteiger partial charge in [0.05, 0.1) is 7.11 Å². The Morgan fingerprint density at radius 3 is 2.14 bits per heavy atom. The molecule has 3 aromatic rings. The molecule has 2 atom stereocenters. The van der Waals surface area contributed by atoms with E-state index >= 15 is 0 Å². The highest BCUT2D eigenvalue weighted by molar-refractivity contribution is 5.39. The Bertz CT molecular complexity index is 1030. The summed E-state index contributed by atoms with van der Waals surface area (Å²) in [4.78, 5) is 10.9. The van der Waals surface area contributed by atoms with E-state index < -0.39 is 6.10 Å². The Labute approximate surface area is 220 Å². The molecule has 0 aromatic heterocycles. The standard InChI is InChI=1S/C29H35NO5.ClH/c1-29(2,18-23-11-13-26(33-3)14-12-23)30-19-25(32)20-34-27-15-9-22(10-16-27)17-28(35-21-31)24-7-5-4-6-8-24;/h4-16,21,25,28,30,32H,17-20H2,1-3H3;1H/p-1. The van der Waals surface area contributed by atoms with E-state index in [0.29, 0.717) is 25.2 Å². The van der Waals surface area contributed by atoms with Crippen molar-refractivity contribution in [1.82, 2.24) is 5.32 Å². The first kappa shape index (κ1) is 29.2. The highest BCUT2D eigenvalue weighted by Gasteiger charge is 2.20. The van der Waals surface area contributed by atoms with Gasteiger partial charge in [-0.15, -0.1) is 0 Å². The Balaban J connectivity index is 0.00000456. The fourth-order valence-corrected chi connectivity index (χ4v) is 3.88. The number of nitrogens with one attached hydrogen (secondary N) is 1. The van der Waals surface area contributed by atoms with E-state index in [4.69, 9.17) is 14.2 Å². The highest BCUT2D eigenvalue weighted by Crippen LogP contribution is 2.23. The van der Waals surface area contributed by atoms with Crippen LogP contribution < -0.4 is 27.2 Å². The zero-order valence-corrected chi connectivity index (χ0v) is 21.8. The van der Waals surface area contributed by atoms with Crippen molar-refractivity contribution in [2.45, 2.75) is 44.4 Å². The van der Waals surface area contributed by atoms with Crippen LogP contribution in [0.2, 0.25) is 0 Å². The molecule has 3 rings (SSSR count). The van der Waals surface area contributed by atoms with Crippen LogP contribution in [-0.4, -0.2) is 43.5 Å². The number of β-amino-alcohol motifs (C(OH)–C–C–N with tert-alkyl or cyclic N) is 1. The maximum absolute atomic E-state index is 10.9. The lowest BCUT2D eigenvalue weighted by Crippen LogP contribution is -3.00. The first-order valence-corrected chi connectivity index (χ1v) is 11.8. The molecule has 194 valence electrons. The van der Waals surface area contributed by atoms with Crippen LogP contribution in [0.1, 0.15) is 36.6 Å². The number of aliphatic hydroxyl groups excluding tert-OH is 1. The topological polar surface area (TPSA) is 77.0 Å². The number of benzene rings is 3. The largest absolute Gasteiger partial charge is 1.00 e. The second-order valence-corrected chi connectivity index (χ2v) is 9.23. The summed E-state index contributed by atoms with van der Waals surface area (Å²) in [6.07, 6.45) is 0.408. The molecule has 0 heterocycles. The van der Waals surface area contributed by atoms with Crippen molar-refractivity contribution in [2.75, 3.05) is 20.3 Å². The summed E-state index contributed by atoms with van der Waals surface area (Å²) in [5, 5.41) is 13.8. The van der Waals surface area contributed by atoms with E-state index in [1.807, 2.05) is 66.7 Å². The lowest BCUT2D eigenvalue weighted by molar-refractivity contribution is -0.133. The summed E-state index contributed by atoms with van der Waals surface area (Å²) in [6, 6.07) is 25.3. The Kier molecular flexibility index (Phi) is 11.7. The molecule has 0 aliphatic carbocycles. The second kappa shape index (κ2) is 14.5. The first-order valence-electron chi connectivity index (χ1n) is 11.8. The minimum absolute atomic E-state index is 0. The maximum atomic E-state index is 10.9. The van der Waals surface area contributed by atoms with Crippen LogP contribution in [0.15, 0.2) is 78.9 Å². The summed E-state index contributed by atoms with van der Waals surface area (Å²) >= 11 is 0. The number of halogens is 1. The third-order valence-electron chi connectivity index (χ3n) is 5.80. The molecule has 36 heavy (non-hydrogen) atoms. The van der Waals surface area contributed by atoms with E-state index in [1.54, 1.807) is 7.11 Å². The van der Waals surface area contributed by atoms with Gasteiger partial charge < -0.3 is 37.0 Å². The van der Waals surface area contributed by atoms with Crippen LogP contribution in [0.5, 0.6) is 11.5 Å². The van der Waals surface area contributed by atoms with E-state index in [-0.39, 0.29) is 30.7 Å². The quantitative estimate of drug-likeness (QED) is 0.319. The molecule has 3 aromatic carbocycles. The fraction of sp³-hybridized carbons (Fsp3) is 0.345. The molecule has 0 bridgehead atoms. The van der Waals surface area contributed by atoms with Crippen LogP contribution in [-0.2, 0) is 22.4 Å². The molecule has 2 N–H and O–H groups in total. The van der Waals surface area contributed by atoms with Gasteiger partial charge in [-0.25, -0.2) is 0 Å². The zero-order valence-electron chi connectivity index (χ0n) is 21.0. The lowest BCUT2D eigenvalue weighted by atomic mass is 9.94. The van der Waals surface area contributed by atoms with Gasteiger partial charge in [-0.3, -0.25) is 4.79 Å². The summed E-state index contributed by atoms with van der Waals surface area (Å²) in [5.74, 6) is 1.52. The number of hydrogen-bond donors (Lipinski definition) is 2. The van der Waals surface area contributed by atoms with Gasteiger partial charge >= 0.3 is 0 Å². The fourth-order valence-electron chi connectivity index (χ4n) is 3.88. The molecule has 0 fully saturated rings. The third-order valence-corrected chi connectivity index (χ3v) is 5.80. The Morgan fingerprint density at radius 1 is 0.917 bits per heavy atom. The molecule has 0 aliphatic rings. The highest BCUT2D eigenvalue weighted by atomic mass is 35.5. The lowest BCUT2D eigenvalue weighted by Gasteiger charge is -2.28. The van der Waals surface area contributed by atoms with Gasteiger partial charge in [0, 0.05) is 18.5 Å². The predicted molar refractivity (Wildman–Crippen MR) is 137 cm³/mol. The molecule has 2 unspecified atom stereocenters. The maximum Gasteiger partial charge on any atom is 0.293 e. The molecule has 0 aliphatic heterocycles. The Morgan fingerprint density at radius 2 is 1.53 bits per heavy atom. The van der Waals surface area contributed by atoms with Crippen molar-refractivity contribution < 1.29 is 36.5 Å². The van der Waals surface area contributed by atoms with Crippen molar-refractivity contribution in [3.63, 3.8) is 0 Å². The van der Waals surface area contributed by atoms with Crippen LogP contribution in [0.3, 0.4) is 0 Å². The number of ether oxygens (including phenoxy) is 3. The van der Waals surface area contributed by atoms with Gasteiger partial charge in [0.1, 0.15) is 30.3 Å². The number of hydrogen-bond acceptors (Lipinski definition) is 6. The number of methoxy groups -OCH3 is 1. The molecule has 0 amide bonds. The number of carbonyl (C=O) groups is 1. The summed E-state index contributed by atoms with van der Waals surface area (Å²) in [7, 11) is 1.66. The third kappa shape index (κ3) is 9.53. The molecule has 6 nitrogen and oxygen atoms in total. The average Bonchev–Trinajstić information content (AvgIpc) is 2.87. The van der Waals surface area contributed by atoms with E-state index in [0.717, 1.165) is 23.3 Å². The van der Waals surface area contributed by atoms with Crippen molar-refractivity contribution >= 4 is 6.47 Å². The SMILES string of the molecule is COc1ccc(CC(C)(C)NCC(O)COc2ccc(CC(OC=O)c3ccccc3)cc2)cc1.[Cl-]. The van der Waals surface area contributed by atoms with E-state index in [2.05, 4.69) is 31.3 Å². The van der Waals surface area contributed by atoms with Crippen LogP contribution in [0.4, 0.5) is 0 Å². The summed E-state index contributed by atoms with van der Waals surface area (Å²) < 4.78 is 16.3. The number of rotatable bonds is 14. The molecule has 0 radical (unpaired) electrons. The van der Waals surface area contributed by atoms with Gasteiger partial charge in [-0.2, -0.15) is 0 Å². The number of aliphatic hydroxyl groups is 1. The smallest absolute Gasteiger partial charge is 0.293 e. The first-order chi connectivity index (χ1) is 16.9. The molecule has 0 saturated carbocycles. The van der Waals surface area contributed by atoms with Gasteiger partial charge in [0.25, 0.3) is 6.47 Å². The van der Waals surface area contributed by atoms with Gasteiger partial charge in [0.15, 0.2) is 0 Å². The summed E-state index contributed by atoms with van der Waals surface area (Å²) in [5.41, 5.74) is 2.99. The minimum Gasteiger partial charge on any atom is -1.00 e. The van der Waals surface area contributed by atoms with Crippen LogP contribution in [0.25, 0.3) is 0 Å². The molecule has 0 saturated heterocycles. The Hall–Kier alpha value is -3.06. The minimum atomic E-state index is -0.645. The predicted octanol–water partition coefficient (Wildman–Crippen LogP) is 1.51. The number of carbonyl (C=O) groups excluding carboxylic acids is 1. The van der Waals surface area contributed by atoms with Crippen molar-refractivity contribution in [1.29, 1.82) is 0 Å². The molecule has 7 heteroatoms. The average molecular weight is 513 g/mol. The van der Waals surface area contributed by atoms with Crippen LogP contribution in [0, 0.1) is 0 Å². The monoisotopic (exact) mass is 512 g/mol. The molecular weight excluding hydrogens is 478 g/mol. The van der Waals surface area contributed by atoms with Gasteiger partial charge in [-0.1, -0.05) is 54.6 Å². The molecular formula is C29H35ClNO5-. The van der Waals surface area contributed by atoms with E-state index in [9.17, 15) is 9.90 Å². The van der Waals surface area contributed by atoms with Crippen molar-refractivity contribution in [3.8, 4) is 11.5 Å². The molecule has 0 spiro atoms. The normalized spacial score (nSPS) is 12.7. The van der Waals surface area contributed by atoms with Crippen LogP contribution >= 0.6 is 0 Å². The van der Waals surface area contributed by atoms with Gasteiger partial charge in [0.2, 0.25) is 0 Å². The second-order valence-electron chi connectivity index (χ2n) is 9.23. The van der Waals surface area contributed by atoms with Gasteiger partial charge in [-0.05, 0) is 61.2 Å². The summed E-state index contributed by atoms with van der Waals surface area (Å²) in [6.45, 7) is 5.32.